The second-order valence-corrected chi connectivity index (χ2v) is 8.55. The molecule has 168 valence electrons. The highest BCUT2D eigenvalue weighted by Gasteiger charge is 2.26. The van der Waals surface area contributed by atoms with Gasteiger partial charge in [-0.15, -0.1) is 0 Å². The van der Waals surface area contributed by atoms with Crippen LogP contribution < -0.4 is 5.32 Å². The number of rotatable bonds is 8. The van der Waals surface area contributed by atoms with Crippen molar-refractivity contribution in [2.45, 2.75) is 19.4 Å². The lowest BCUT2D eigenvalue weighted by Crippen LogP contribution is -2.23. The third kappa shape index (κ3) is 6.17. The third-order valence-corrected chi connectivity index (χ3v) is 5.83. The predicted molar refractivity (Wildman–Crippen MR) is 131 cm³/mol. The van der Waals surface area contributed by atoms with E-state index in [2.05, 4.69) is 33.9 Å². The van der Waals surface area contributed by atoms with Crippen molar-refractivity contribution < 1.29 is 24.2 Å². The Morgan fingerprint density at radius 3 is 2.44 bits per heavy atom. The van der Waals surface area contributed by atoms with Gasteiger partial charge in [0, 0.05) is 27.0 Å². The lowest BCUT2D eigenvalue weighted by molar-refractivity contribution is -0.141. The normalized spacial score (nSPS) is 12.7. The van der Waals surface area contributed by atoms with Gasteiger partial charge in [-0.3, -0.25) is 10.1 Å². The molecule has 3 aromatic carbocycles. The Balaban J connectivity index is 1.86. The Bertz CT molecular complexity index is 1090. The predicted octanol–water partition coefficient (Wildman–Crippen LogP) is 6.10. The lowest BCUT2D eigenvalue weighted by Gasteiger charge is -2.26. The summed E-state index contributed by atoms with van der Waals surface area (Å²) in [6.45, 7) is 2.11. The maximum absolute atomic E-state index is 12.7. The highest BCUT2D eigenvalue weighted by molar-refractivity contribution is 9.10. The Kier molecular flexibility index (Phi) is 8.41. The Morgan fingerprint density at radius 2 is 1.75 bits per heavy atom. The number of phenols is 1. The molecule has 0 aromatic heterocycles. The van der Waals surface area contributed by atoms with Crippen molar-refractivity contribution in [3.8, 4) is 5.75 Å². The molecule has 1 amide bonds. The number of hydrogen-bond acceptors (Lipinski definition) is 6. The van der Waals surface area contributed by atoms with E-state index in [9.17, 15) is 14.7 Å². The standard InChI is InChI=1S/C24H24BrNO5S/c1-15(12-13-30-22(28)14-32)23(31-24(29)26-17-8-6-16(25)7-9-17)20-10-11-21(27)19-5-3-2-4-18(19)20/h2-11,15,23,27,32H,12-14H2,1H3,(H,26,29)/t15-,23-/m1/s1. The first-order chi connectivity index (χ1) is 15.4. The Hall–Kier alpha value is -2.71. The summed E-state index contributed by atoms with van der Waals surface area (Å²) in [6.07, 6.45) is -0.760. The molecule has 0 radical (unpaired) electrons. The van der Waals surface area contributed by atoms with E-state index in [0.29, 0.717) is 17.5 Å². The molecular formula is C24H24BrNO5S. The maximum atomic E-state index is 12.7. The maximum Gasteiger partial charge on any atom is 0.412 e. The number of nitrogens with one attached hydrogen (secondary N) is 1. The number of amides is 1. The van der Waals surface area contributed by atoms with Gasteiger partial charge in [-0.2, -0.15) is 12.6 Å². The van der Waals surface area contributed by atoms with E-state index in [0.717, 1.165) is 15.4 Å². The van der Waals surface area contributed by atoms with Crippen molar-refractivity contribution in [3.05, 3.63) is 70.7 Å². The van der Waals surface area contributed by atoms with Gasteiger partial charge < -0.3 is 14.6 Å². The average Bonchev–Trinajstić information content (AvgIpc) is 2.79. The second kappa shape index (κ2) is 11.2. The lowest BCUT2D eigenvalue weighted by atomic mass is 9.90. The van der Waals surface area contributed by atoms with Crippen LogP contribution in [0.3, 0.4) is 0 Å². The molecule has 3 rings (SSSR count). The van der Waals surface area contributed by atoms with E-state index in [1.807, 2.05) is 43.3 Å². The molecule has 6 nitrogen and oxygen atoms in total. The van der Waals surface area contributed by atoms with E-state index >= 15 is 0 Å². The fourth-order valence-electron chi connectivity index (χ4n) is 3.39. The SMILES string of the molecule is C[C@H](CCOC(=O)CS)[C@@H](OC(=O)Nc1ccc(Br)cc1)c1ccc(O)c2ccccc12. The molecule has 0 saturated heterocycles. The molecule has 8 heteroatoms. The summed E-state index contributed by atoms with van der Waals surface area (Å²) in [5.74, 6) is -0.419. The van der Waals surface area contributed by atoms with Crippen LogP contribution in [-0.4, -0.2) is 29.5 Å². The Morgan fingerprint density at radius 1 is 1.06 bits per heavy atom. The minimum atomic E-state index is -0.634. The van der Waals surface area contributed by atoms with Crippen molar-refractivity contribution in [1.82, 2.24) is 0 Å². The Labute approximate surface area is 200 Å². The number of esters is 1. The van der Waals surface area contributed by atoms with Gasteiger partial charge >= 0.3 is 12.1 Å². The largest absolute Gasteiger partial charge is 0.507 e. The third-order valence-electron chi connectivity index (χ3n) is 5.05. The summed E-state index contributed by atoms with van der Waals surface area (Å²) in [7, 11) is 0. The first-order valence-corrected chi connectivity index (χ1v) is 11.5. The van der Waals surface area contributed by atoms with E-state index in [1.54, 1.807) is 24.3 Å². The molecule has 2 N–H and O–H groups in total. The van der Waals surface area contributed by atoms with Gasteiger partial charge in [0.25, 0.3) is 0 Å². The van der Waals surface area contributed by atoms with Crippen LogP contribution >= 0.6 is 28.6 Å². The molecule has 0 aliphatic carbocycles. The number of thiol groups is 1. The number of carbonyl (C=O) groups excluding carboxylic acids is 2. The van der Waals surface area contributed by atoms with E-state index in [1.165, 1.54) is 0 Å². The topological polar surface area (TPSA) is 84.9 Å². The number of phenolic OH excluding ortho intramolecular Hbond substituents is 1. The molecule has 0 saturated carbocycles. The number of carbonyl (C=O) groups is 2. The molecule has 0 unspecified atom stereocenters. The van der Waals surface area contributed by atoms with Crippen molar-refractivity contribution in [3.63, 3.8) is 0 Å². The van der Waals surface area contributed by atoms with Gasteiger partial charge in [0.1, 0.15) is 11.9 Å². The van der Waals surface area contributed by atoms with Crippen LogP contribution in [0.5, 0.6) is 5.75 Å². The molecule has 0 aliphatic heterocycles. The fourth-order valence-corrected chi connectivity index (χ4v) is 3.75. The quantitative estimate of drug-likeness (QED) is 0.248. The van der Waals surface area contributed by atoms with Crippen LogP contribution in [0.25, 0.3) is 10.8 Å². The minimum Gasteiger partial charge on any atom is -0.507 e. The fraction of sp³-hybridized carbons (Fsp3) is 0.250. The molecule has 32 heavy (non-hydrogen) atoms. The molecule has 0 fully saturated rings. The van der Waals surface area contributed by atoms with Crippen LogP contribution in [0.1, 0.15) is 25.0 Å². The highest BCUT2D eigenvalue weighted by atomic mass is 79.9. The number of ether oxygens (including phenoxy) is 2. The van der Waals surface area contributed by atoms with Crippen LogP contribution in [-0.2, 0) is 14.3 Å². The van der Waals surface area contributed by atoms with Crippen molar-refractivity contribution in [2.75, 3.05) is 17.7 Å². The van der Waals surface area contributed by atoms with E-state index in [4.69, 9.17) is 9.47 Å². The first-order valence-electron chi connectivity index (χ1n) is 10.1. The minimum absolute atomic E-state index is 0.00645. The summed E-state index contributed by atoms with van der Waals surface area (Å²) in [5.41, 5.74) is 1.36. The number of anilines is 1. The number of hydrogen-bond donors (Lipinski definition) is 3. The monoisotopic (exact) mass is 517 g/mol. The number of halogens is 1. The van der Waals surface area contributed by atoms with Crippen LogP contribution in [0.2, 0.25) is 0 Å². The molecular weight excluding hydrogens is 494 g/mol. The molecule has 0 spiro atoms. The van der Waals surface area contributed by atoms with E-state index in [-0.39, 0.29) is 24.0 Å². The number of fused-ring (bicyclic) bond motifs is 1. The van der Waals surface area contributed by atoms with Gasteiger partial charge in [-0.05, 0) is 42.1 Å². The second-order valence-electron chi connectivity index (χ2n) is 7.32. The van der Waals surface area contributed by atoms with Crippen molar-refractivity contribution >= 4 is 57.1 Å². The zero-order chi connectivity index (χ0) is 23.1. The molecule has 2 atom stereocenters. The van der Waals surface area contributed by atoms with Gasteiger partial charge in [0.05, 0.1) is 12.4 Å². The zero-order valence-electron chi connectivity index (χ0n) is 17.5. The zero-order valence-corrected chi connectivity index (χ0v) is 19.9. The van der Waals surface area contributed by atoms with E-state index < -0.39 is 18.2 Å². The summed E-state index contributed by atoms with van der Waals surface area (Å²) in [5, 5.41) is 14.4. The molecule has 0 aliphatic rings. The smallest absolute Gasteiger partial charge is 0.412 e. The van der Waals surface area contributed by atoms with Crippen LogP contribution in [0, 0.1) is 5.92 Å². The number of benzene rings is 3. The van der Waals surface area contributed by atoms with Gasteiger partial charge in [-0.25, -0.2) is 4.79 Å². The molecule has 3 aromatic rings. The van der Waals surface area contributed by atoms with Gasteiger partial charge in [0.2, 0.25) is 0 Å². The van der Waals surface area contributed by atoms with Crippen molar-refractivity contribution in [1.29, 1.82) is 0 Å². The summed E-state index contributed by atoms with van der Waals surface area (Å²) in [6, 6.07) is 17.9. The van der Waals surface area contributed by atoms with Crippen molar-refractivity contribution in [2.24, 2.45) is 5.92 Å². The average molecular weight is 518 g/mol. The highest BCUT2D eigenvalue weighted by Crippen LogP contribution is 2.37. The van der Waals surface area contributed by atoms with Gasteiger partial charge in [0.15, 0.2) is 0 Å². The molecule has 0 heterocycles. The number of aromatic hydroxyl groups is 1. The molecule has 0 bridgehead atoms. The van der Waals surface area contributed by atoms with Crippen LogP contribution in [0.4, 0.5) is 10.5 Å². The van der Waals surface area contributed by atoms with Crippen LogP contribution in [0.15, 0.2) is 65.1 Å². The van der Waals surface area contributed by atoms with Gasteiger partial charge in [-0.1, -0.05) is 53.2 Å². The summed E-state index contributed by atoms with van der Waals surface area (Å²) < 4.78 is 11.9. The first kappa shape index (κ1) is 23.9. The summed E-state index contributed by atoms with van der Waals surface area (Å²) in [4.78, 5) is 24.2. The summed E-state index contributed by atoms with van der Waals surface area (Å²) >= 11 is 7.27.